The molecule has 0 heterocycles. The molecule has 0 aromatic carbocycles. The van der Waals surface area contributed by atoms with Gasteiger partial charge in [-0.3, -0.25) is 0 Å². The monoisotopic (exact) mass is 212 g/mol. The van der Waals surface area contributed by atoms with E-state index in [0.717, 1.165) is 0 Å². The molecule has 1 heteroatoms. The summed E-state index contributed by atoms with van der Waals surface area (Å²) in [5.74, 6) is 0. The molecule has 15 heavy (non-hydrogen) atoms. The predicted octanol–water partition coefficient (Wildman–Crippen LogP) is 4.29. The van der Waals surface area contributed by atoms with Crippen LogP contribution >= 0.6 is 0 Å². The van der Waals surface area contributed by atoms with E-state index in [4.69, 9.17) is 0 Å². The van der Waals surface area contributed by atoms with Crippen LogP contribution in [0.1, 0.15) is 77.6 Å². The maximum absolute atomic E-state index is 9.46. The lowest BCUT2D eigenvalue weighted by atomic mass is 9.80. The summed E-state index contributed by atoms with van der Waals surface area (Å²) in [6.07, 6.45) is 14.9. The molecule has 0 saturated heterocycles. The van der Waals surface area contributed by atoms with Gasteiger partial charge in [-0.2, -0.15) is 0 Å². The van der Waals surface area contributed by atoms with E-state index in [1.165, 1.54) is 70.6 Å². The third kappa shape index (κ3) is 5.55. The fraction of sp³-hybridized carbons (Fsp3) is 1.00. The van der Waals surface area contributed by atoms with Crippen molar-refractivity contribution in [2.45, 2.75) is 77.6 Å². The molecule has 1 N–H and O–H groups in total. The Labute approximate surface area is 95.3 Å². The second kappa shape index (κ2) is 7.27. The van der Waals surface area contributed by atoms with Gasteiger partial charge in [-0.1, -0.05) is 64.7 Å². The van der Waals surface area contributed by atoms with Gasteiger partial charge in [0.2, 0.25) is 0 Å². The van der Waals surface area contributed by atoms with Crippen molar-refractivity contribution in [3.8, 4) is 0 Å². The maximum atomic E-state index is 9.46. The molecular weight excluding hydrogens is 184 g/mol. The molecule has 0 amide bonds. The minimum absolute atomic E-state index is 0.221. The first-order valence-electron chi connectivity index (χ1n) is 6.88. The van der Waals surface area contributed by atoms with E-state index in [-0.39, 0.29) is 5.41 Å². The van der Waals surface area contributed by atoms with Crippen LogP contribution < -0.4 is 0 Å². The van der Waals surface area contributed by atoms with Gasteiger partial charge in [-0.25, -0.2) is 0 Å². The van der Waals surface area contributed by atoms with E-state index >= 15 is 0 Å². The summed E-state index contributed by atoms with van der Waals surface area (Å²) in [7, 11) is 0. The molecule has 0 aliphatic heterocycles. The fourth-order valence-electron chi connectivity index (χ4n) is 2.62. The Morgan fingerprint density at radius 2 is 1.07 bits per heavy atom. The van der Waals surface area contributed by atoms with Gasteiger partial charge in [0.05, 0.1) is 0 Å². The second-order valence-corrected chi connectivity index (χ2v) is 5.65. The summed E-state index contributed by atoms with van der Waals surface area (Å²) in [6, 6.07) is 0. The lowest BCUT2D eigenvalue weighted by Gasteiger charge is -2.27. The number of hydrogen-bond acceptors (Lipinski definition) is 1. The van der Waals surface area contributed by atoms with Gasteiger partial charge < -0.3 is 5.11 Å². The molecular formula is C14H28O. The van der Waals surface area contributed by atoms with Gasteiger partial charge in [0.15, 0.2) is 0 Å². The summed E-state index contributed by atoms with van der Waals surface area (Å²) in [6.45, 7) is 2.64. The van der Waals surface area contributed by atoms with Crippen molar-refractivity contribution in [2.24, 2.45) is 5.41 Å². The SMILES string of the molecule is CC1(CO)CCCCCCCCCCC1. The number of hydrogen-bond donors (Lipinski definition) is 1. The van der Waals surface area contributed by atoms with E-state index in [0.29, 0.717) is 6.61 Å². The highest BCUT2D eigenvalue weighted by molar-refractivity contribution is 4.73. The first-order chi connectivity index (χ1) is 7.27. The molecule has 1 saturated carbocycles. The van der Waals surface area contributed by atoms with Crippen molar-refractivity contribution in [3.05, 3.63) is 0 Å². The van der Waals surface area contributed by atoms with Crippen molar-refractivity contribution in [1.82, 2.24) is 0 Å². The third-order valence-electron chi connectivity index (χ3n) is 3.94. The van der Waals surface area contributed by atoms with E-state index in [1.807, 2.05) is 0 Å². The molecule has 0 unspecified atom stereocenters. The molecule has 0 bridgehead atoms. The van der Waals surface area contributed by atoms with Gasteiger partial charge in [-0.05, 0) is 18.3 Å². The van der Waals surface area contributed by atoms with Crippen LogP contribution in [0.25, 0.3) is 0 Å². The Kier molecular flexibility index (Phi) is 6.31. The average molecular weight is 212 g/mol. The van der Waals surface area contributed by atoms with Crippen LogP contribution in [0.3, 0.4) is 0 Å². The predicted molar refractivity (Wildman–Crippen MR) is 66.0 cm³/mol. The van der Waals surface area contributed by atoms with Crippen molar-refractivity contribution in [1.29, 1.82) is 0 Å². The third-order valence-corrected chi connectivity index (χ3v) is 3.94. The van der Waals surface area contributed by atoms with Gasteiger partial charge in [-0.15, -0.1) is 0 Å². The minimum atomic E-state index is 0.221. The molecule has 90 valence electrons. The molecule has 0 atom stereocenters. The van der Waals surface area contributed by atoms with Crippen LogP contribution in [-0.4, -0.2) is 11.7 Å². The molecule has 0 aromatic heterocycles. The van der Waals surface area contributed by atoms with Gasteiger partial charge in [0.1, 0.15) is 0 Å². The highest BCUT2D eigenvalue weighted by Crippen LogP contribution is 2.31. The van der Waals surface area contributed by atoms with Crippen molar-refractivity contribution < 1.29 is 5.11 Å². The van der Waals surface area contributed by atoms with E-state index < -0.39 is 0 Å². The Morgan fingerprint density at radius 1 is 0.733 bits per heavy atom. The second-order valence-electron chi connectivity index (χ2n) is 5.65. The molecule has 0 spiro atoms. The van der Waals surface area contributed by atoms with E-state index in [1.54, 1.807) is 0 Å². The first-order valence-corrected chi connectivity index (χ1v) is 6.88. The van der Waals surface area contributed by atoms with Crippen LogP contribution in [0.4, 0.5) is 0 Å². The first kappa shape index (κ1) is 13.0. The quantitative estimate of drug-likeness (QED) is 0.687. The molecule has 1 aliphatic carbocycles. The van der Waals surface area contributed by atoms with Crippen LogP contribution in [0, 0.1) is 5.41 Å². The molecule has 1 nitrogen and oxygen atoms in total. The summed E-state index contributed by atoms with van der Waals surface area (Å²) in [5.41, 5.74) is 0.221. The van der Waals surface area contributed by atoms with E-state index in [2.05, 4.69) is 6.92 Å². The summed E-state index contributed by atoms with van der Waals surface area (Å²) in [5, 5.41) is 9.46. The lowest BCUT2D eigenvalue weighted by Crippen LogP contribution is -2.21. The number of rotatable bonds is 1. The zero-order valence-corrected chi connectivity index (χ0v) is 10.4. The molecule has 1 fully saturated rings. The Morgan fingerprint density at radius 3 is 1.40 bits per heavy atom. The Hall–Kier alpha value is -0.0400. The Balaban J connectivity index is 2.32. The topological polar surface area (TPSA) is 20.2 Å². The van der Waals surface area contributed by atoms with Crippen LogP contribution in [0.5, 0.6) is 0 Å². The van der Waals surface area contributed by atoms with Crippen molar-refractivity contribution in [2.75, 3.05) is 6.61 Å². The van der Waals surface area contributed by atoms with Crippen LogP contribution in [-0.2, 0) is 0 Å². The average Bonchev–Trinajstić information content (AvgIpc) is 2.23. The molecule has 0 radical (unpaired) electrons. The number of aliphatic hydroxyl groups is 1. The van der Waals surface area contributed by atoms with E-state index in [9.17, 15) is 5.11 Å². The van der Waals surface area contributed by atoms with Crippen LogP contribution in [0.15, 0.2) is 0 Å². The number of aliphatic hydroxyl groups excluding tert-OH is 1. The fourth-order valence-corrected chi connectivity index (χ4v) is 2.62. The lowest BCUT2D eigenvalue weighted by molar-refractivity contribution is 0.116. The van der Waals surface area contributed by atoms with Gasteiger partial charge in [0, 0.05) is 6.61 Å². The van der Waals surface area contributed by atoms with Gasteiger partial charge >= 0.3 is 0 Å². The summed E-state index contributed by atoms with van der Waals surface area (Å²) >= 11 is 0. The zero-order valence-electron chi connectivity index (χ0n) is 10.4. The highest BCUT2D eigenvalue weighted by atomic mass is 16.3. The maximum Gasteiger partial charge on any atom is 0.0484 e. The summed E-state index contributed by atoms with van der Waals surface area (Å²) in [4.78, 5) is 0. The van der Waals surface area contributed by atoms with Crippen LogP contribution in [0.2, 0.25) is 0 Å². The Bertz CT molecular complexity index is 141. The van der Waals surface area contributed by atoms with Crippen molar-refractivity contribution in [3.63, 3.8) is 0 Å². The molecule has 0 aromatic rings. The minimum Gasteiger partial charge on any atom is -0.396 e. The smallest absolute Gasteiger partial charge is 0.0484 e. The molecule has 1 rings (SSSR count). The van der Waals surface area contributed by atoms with Crippen molar-refractivity contribution >= 4 is 0 Å². The standard InChI is InChI=1S/C14H28O/c1-14(13-15)11-9-7-5-3-2-4-6-8-10-12-14/h15H,2-13H2,1H3. The zero-order chi connectivity index (χ0) is 11.0. The largest absolute Gasteiger partial charge is 0.396 e. The highest BCUT2D eigenvalue weighted by Gasteiger charge is 2.22. The molecule has 1 aliphatic rings. The van der Waals surface area contributed by atoms with Gasteiger partial charge in [0.25, 0.3) is 0 Å². The summed E-state index contributed by atoms with van der Waals surface area (Å²) < 4.78 is 0. The normalized spacial score (nSPS) is 25.2.